The number of likely N-dealkylation sites (N-methyl/N-ethyl adjacent to an activating group) is 1. The standard InChI is InChI=1S/C21H26N2O2/c1-14-6-9-19-18(11-14)21(17-8-7-16(24)12-20(17)25-19)23-10-4-5-15(13-23)22(2)3/h6-9,11-12,15,21,24H,4-5,10,13H2,1-3H3. The summed E-state index contributed by atoms with van der Waals surface area (Å²) in [5.74, 6) is 1.92. The normalized spacial score (nSPS) is 23.0. The Labute approximate surface area is 149 Å². The number of rotatable bonds is 2. The molecule has 0 bridgehead atoms. The highest BCUT2D eigenvalue weighted by molar-refractivity contribution is 5.55. The van der Waals surface area contributed by atoms with Gasteiger partial charge in [-0.05, 0) is 58.6 Å². The molecule has 4 nitrogen and oxygen atoms in total. The molecule has 2 heterocycles. The molecule has 0 amide bonds. The molecule has 1 fully saturated rings. The van der Waals surface area contributed by atoms with Crippen molar-refractivity contribution < 1.29 is 9.84 Å². The minimum Gasteiger partial charge on any atom is -0.508 e. The molecule has 0 saturated carbocycles. The minimum atomic E-state index is 0.182. The Balaban J connectivity index is 1.79. The number of hydrogen-bond donors (Lipinski definition) is 1. The van der Waals surface area contributed by atoms with E-state index in [0.717, 1.165) is 30.2 Å². The Hall–Kier alpha value is -2.04. The van der Waals surface area contributed by atoms with Crippen LogP contribution in [0, 0.1) is 6.92 Å². The highest BCUT2D eigenvalue weighted by atomic mass is 16.5. The van der Waals surface area contributed by atoms with Crippen LogP contribution in [0.5, 0.6) is 17.2 Å². The molecule has 132 valence electrons. The highest BCUT2D eigenvalue weighted by Crippen LogP contribution is 2.47. The number of benzene rings is 2. The predicted octanol–water partition coefficient (Wildman–Crippen LogP) is 3.92. The molecule has 0 aliphatic carbocycles. The Kier molecular flexibility index (Phi) is 4.18. The summed E-state index contributed by atoms with van der Waals surface area (Å²) >= 11 is 0. The van der Waals surface area contributed by atoms with Gasteiger partial charge < -0.3 is 14.7 Å². The lowest BCUT2D eigenvalue weighted by Gasteiger charge is -2.43. The Morgan fingerprint density at radius 1 is 1.08 bits per heavy atom. The third-order valence-corrected chi connectivity index (χ3v) is 5.49. The lowest BCUT2D eigenvalue weighted by Crippen LogP contribution is -2.47. The molecule has 25 heavy (non-hydrogen) atoms. The van der Waals surface area contributed by atoms with Crippen LogP contribution in [-0.2, 0) is 0 Å². The van der Waals surface area contributed by atoms with Gasteiger partial charge in [-0.2, -0.15) is 0 Å². The van der Waals surface area contributed by atoms with E-state index < -0.39 is 0 Å². The highest BCUT2D eigenvalue weighted by Gasteiger charge is 2.35. The Morgan fingerprint density at radius 3 is 2.72 bits per heavy atom. The van der Waals surface area contributed by atoms with Gasteiger partial charge >= 0.3 is 0 Å². The number of hydrogen-bond acceptors (Lipinski definition) is 4. The van der Waals surface area contributed by atoms with E-state index in [0.29, 0.717) is 6.04 Å². The van der Waals surface area contributed by atoms with E-state index in [1.165, 1.54) is 24.0 Å². The van der Waals surface area contributed by atoms with Gasteiger partial charge in [0.1, 0.15) is 17.2 Å². The average Bonchev–Trinajstić information content (AvgIpc) is 2.60. The maximum atomic E-state index is 9.89. The zero-order chi connectivity index (χ0) is 17.6. The molecular formula is C21H26N2O2. The predicted molar refractivity (Wildman–Crippen MR) is 99.5 cm³/mol. The van der Waals surface area contributed by atoms with E-state index in [-0.39, 0.29) is 11.8 Å². The topological polar surface area (TPSA) is 35.9 Å². The molecule has 2 aliphatic heterocycles. The molecule has 1 saturated heterocycles. The molecule has 2 unspecified atom stereocenters. The number of phenols is 1. The van der Waals surface area contributed by atoms with E-state index >= 15 is 0 Å². The first-order chi connectivity index (χ1) is 12.0. The van der Waals surface area contributed by atoms with Gasteiger partial charge in [0.25, 0.3) is 0 Å². The van der Waals surface area contributed by atoms with Crippen molar-refractivity contribution in [3.63, 3.8) is 0 Å². The SMILES string of the molecule is Cc1ccc2c(c1)C(N1CCCC(N(C)C)C1)c1ccc(O)cc1O2. The zero-order valence-corrected chi connectivity index (χ0v) is 15.2. The number of fused-ring (bicyclic) bond motifs is 2. The summed E-state index contributed by atoms with van der Waals surface area (Å²) in [7, 11) is 4.34. The van der Waals surface area contributed by atoms with Crippen LogP contribution in [0.4, 0.5) is 0 Å². The van der Waals surface area contributed by atoms with Crippen molar-refractivity contribution in [2.45, 2.75) is 31.8 Å². The number of nitrogens with zero attached hydrogens (tertiary/aromatic N) is 2. The van der Waals surface area contributed by atoms with E-state index in [9.17, 15) is 5.11 Å². The quantitative estimate of drug-likeness (QED) is 0.900. The van der Waals surface area contributed by atoms with Crippen LogP contribution in [0.1, 0.15) is 35.6 Å². The number of aryl methyl sites for hydroxylation is 1. The maximum Gasteiger partial charge on any atom is 0.136 e. The van der Waals surface area contributed by atoms with E-state index in [4.69, 9.17) is 4.74 Å². The number of piperidine rings is 1. The minimum absolute atomic E-state index is 0.182. The zero-order valence-electron chi connectivity index (χ0n) is 15.2. The summed E-state index contributed by atoms with van der Waals surface area (Å²) < 4.78 is 6.11. The monoisotopic (exact) mass is 338 g/mol. The molecular weight excluding hydrogens is 312 g/mol. The number of ether oxygens (including phenoxy) is 1. The van der Waals surface area contributed by atoms with Crippen molar-refractivity contribution in [3.05, 3.63) is 53.1 Å². The van der Waals surface area contributed by atoms with Gasteiger partial charge in [0.05, 0.1) is 6.04 Å². The molecule has 4 heteroatoms. The molecule has 2 aromatic rings. The third-order valence-electron chi connectivity index (χ3n) is 5.49. The fourth-order valence-electron chi connectivity index (χ4n) is 4.13. The third kappa shape index (κ3) is 3.00. The lowest BCUT2D eigenvalue weighted by molar-refractivity contribution is 0.106. The van der Waals surface area contributed by atoms with Crippen LogP contribution in [0.3, 0.4) is 0 Å². The van der Waals surface area contributed by atoms with Gasteiger partial charge in [-0.1, -0.05) is 17.7 Å². The summed E-state index contributed by atoms with van der Waals surface area (Å²) in [6.07, 6.45) is 2.45. The number of phenolic OH excluding ortho intramolecular Hbond substituents is 1. The molecule has 0 radical (unpaired) electrons. The molecule has 1 N–H and O–H groups in total. The van der Waals surface area contributed by atoms with Crippen LogP contribution in [-0.4, -0.2) is 48.1 Å². The van der Waals surface area contributed by atoms with Crippen LogP contribution in [0.25, 0.3) is 0 Å². The molecule has 2 aromatic carbocycles. The van der Waals surface area contributed by atoms with Crippen molar-refractivity contribution in [2.75, 3.05) is 27.2 Å². The summed E-state index contributed by atoms with van der Waals surface area (Å²) in [6, 6.07) is 12.7. The molecule has 4 rings (SSSR count). The second kappa shape index (κ2) is 6.36. The summed E-state index contributed by atoms with van der Waals surface area (Å²) in [5, 5.41) is 9.89. The first kappa shape index (κ1) is 16.4. The Bertz CT molecular complexity index is 787. The van der Waals surface area contributed by atoms with Gasteiger partial charge in [-0.15, -0.1) is 0 Å². The smallest absolute Gasteiger partial charge is 0.136 e. The number of likely N-dealkylation sites (tertiary alicyclic amines) is 1. The summed E-state index contributed by atoms with van der Waals surface area (Å²) in [5.41, 5.74) is 3.63. The molecule has 0 aromatic heterocycles. The van der Waals surface area contributed by atoms with Crippen molar-refractivity contribution in [3.8, 4) is 17.2 Å². The summed E-state index contributed by atoms with van der Waals surface area (Å²) in [6.45, 7) is 4.26. The largest absolute Gasteiger partial charge is 0.508 e. The molecule has 2 atom stereocenters. The molecule has 0 spiro atoms. The van der Waals surface area contributed by atoms with E-state index in [1.807, 2.05) is 6.07 Å². The van der Waals surface area contributed by atoms with Gasteiger partial charge in [0.15, 0.2) is 0 Å². The Morgan fingerprint density at radius 2 is 1.92 bits per heavy atom. The van der Waals surface area contributed by atoms with Crippen molar-refractivity contribution in [1.82, 2.24) is 9.80 Å². The number of aromatic hydroxyl groups is 1. The van der Waals surface area contributed by atoms with Crippen molar-refractivity contribution in [2.24, 2.45) is 0 Å². The second-order valence-corrected chi connectivity index (χ2v) is 7.52. The van der Waals surface area contributed by atoms with Crippen LogP contribution in [0.15, 0.2) is 36.4 Å². The second-order valence-electron chi connectivity index (χ2n) is 7.52. The fraction of sp³-hybridized carbons (Fsp3) is 0.429. The van der Waals surface area contributed by atoms with Gasteiger partial charge in [-0.3, -0.25) is 4.90 Å². The van der Waals surface area contributed by atoms with Crippen molar-refractivity contribution >= 4 is 0 Å². The lowest BCUT2D eigenvalue weighted by atomic mass is 9.90. The maximum absolute atomic E-state index is 9.89. The van der Waals surface area contributed by atoms with Gasteiger partial charge in [0.2, 0.25) is 0 Å². The first-order valence-electron chi connectivity index (χ1n) is 9.05. The van der Waals surface area contributed by atoms with Gasteiger partial charge in [0, 0.05) is 29.8 Å². The van der Waals surface area contributed by atoms with Crippen molar-refractivity contribution in [1.29, 1.82) is 0 Å². The van der Waals surface area contributed by atoms with Gasteiger partial charge in [-0.25, -0.2) is 0 Å². The first-order valence-corrected chi connectivity index (χ1v) is 9.05. The van der Waals surface area contributed by atoms with E-state index in [1.54, 1.807) is 12.1 Å². The van der Waals surface area contributed by atoms with Crippen LogP contribution < -0.4 is 4.74 Å². The van der Waals surface area contributed by atoms with Crippen LogP contribution >= 0.6 is 0 Å². The average molecular weight is 338 g/mol. The molecule has 2 aliphatic rings. The van der Waals surface area contributed by atoms with E-state index in [2.05, 4.69) is 49.0 Å². The van der Waals surface area contributed by atoms with Crippen LogP contribution in [0.2, 0.25) is 0 Å². The summed E-state index contributed by atoms with van der Waals surface area (Å²) in [4.78, 5) is 4.91. The fourth-order valence-corrected chi connectivity index (χ4v) is 4.13.